The third-order valence-corrected chi connectivity index (χ3v) is 7.90. The number of aryl methyl sites for hydroxylation is 1. The molecule has 4 atom stereocenters. The number of hydrogen-bond donors (Lipinski definition) is 1. The number of fused-ring (bicyclic) bond motifs is 5. The van der Waals surface area contributed by atoms with Crippen LogP contribution in [0.15, 0.2) is 23.8 Å². The minimum Gasteiger partial charge on any atom is -0.490 e. The molecule has 4 rings (SSSR count). The summed E-state index contributed by atoms with van der Waals surface area (Å²) < 4.78 is 33.7. The van der Waals surface area contributed by atoms with Crippen LogP contribution in [0.25, 0.3) is 0 Å². The van der Waals surface area contributed by atoms with Crippen LogP contribution in [0, 0.1) is 17.3 Å². The van der Waals surface area contributed by atoms with Crippen molar-refractivity contribution in [1.29, 1.82) is 0 Å². The van der Waals surface area contributed by atoms with Crippen molar-refractivity contribution in [3.63, 3.8) is 0 Å². The van der Waals surface area contributed by atoms with Crippen molar-refractivity contribution < 1.29 is 17.3 Å². The van der Waals surface area contributed by atoms with Gasteiger partial charge in [-0.05, 0) is 98.8 Å². The molecule has 3 aliphatic carbocycles. The monoisotopic (exact) mass is 405 g/mol. The van der Waals surface area contributed by atoms with E-state index in [0.29, 0.717) is 29.6 Å². The molecule has 3 unspecified atom stereocenters. The highest BCUT2D eigenvalue weighted by atomic mass is 32.2. The van der Waals surface area contributed by atoms with Crippen molar-refractivity contribution in [3.05, 3.63) is 34.9 Å². The van der Waals surface area contributed by atoms with Crippen LogP contribution in [-0.4, -0.2) is 15.0 Å². The molecule has 0 heterocycles. The standard InChI is InChI=1S/C22H31NO4S/c1-4-15-7-9-19-17-8-6-14-12-21(27-28(23,24)25)20(26-5-2)13-18(14)16(17)10-11-22(15,19)3/h4,12-13,16-17,19H,5-11H2,1-3H3,(H2,23,24,25)/b15-4+/t16?,17?,19?,22-/m1/s1. The third-order valence-electron chi connectivity index (χ3n) is 7.49. The zero-order valence-electron chi connectivity index (χ0n) is 17.0. The van der Waals surface area contributed by atoms with Gasteiger partial charge in [0.2, 0.25) is 0 Å². The molecule has 1 aromatic carbocycles. The van der Waals surface area contributed by atoms with Gasteiger partial charge in [0.25, 0.3) is 0 Å². The second-order valence-corrected chi connectivity index (χ2v) is 9.88. The fraction of sp³-hybridized carbons (Fsp3) is 0.636. The quantitative estimate of drug-likeness (QED) is 0.750. The second-order valence-electron chi connectivity index (χ2n) is 8.73. The van der Waals surface area contributed by atoms with Gasteiger partial charge in [0.15, 0.2) is 11.5 Å². The van der Waals surface area contributed by atoms with E-state index in [2.05, 4.69) is 19.9 Å². The number of rotatable bonds is 4. The van der Waals surface area contributed by atoms with Crippen LogP contribution in [-0.2, 0) is 16.7 Å². The summed E-state index contributed by atoms with van der Waals surface area (Å²) in [6.07, 6.45) is 9.36. The van der Waals surface area contributed by atoms with Gasteiger partial charge in [-0.2, -0.15) is 13.6 Å². The van der Waals surface area contributed by atoms with E-state index in [0.717, 1.165) is 18.8 Å². The van der Waals surface area contributed by atoms with Gasteiger partial charge in [-0.15, -0.1) is 0 Å². The first-order valence-corrected chi connectivity index (χ1v) is 11.9. The van der Waals surface area contributed by atoms with Crippen molar-refractivity contribution in [3.8, 4) is 11.5 Å². The summed E-state index contributed by atoms with van der Waals surface area (Å²) >= 11 is 0. The third kappa shape index (κ3) is 3.24. The van der Waals surface area contributed by atoms with Crippen LogP contribution >= 0.6 is 0 Å². The fourth-order valence-corrected chi connectivity index (χ4v) is 6.74. The van der Waals surface area contributed by atoms with Crippen molar-refractivity contribution in [2.24, 2.45) is 22.4 Å². The Hall–Kier alpha value is -1.53. The molecule has 154 valence electrons. The normalized spacial score (nSPS) is 33.1. The molecule has 0 amide bonds. The predicted octanol–water partition coefficient (Wildman–Crippen LogP) is 4.47. The number of nitrogens with two attached hydrogens (primary N) is 1. The van der Waals surface area contributed by atoms with Crippen molar-refractivity contribution in [2.45, 2.75) is 65.2 Å². The highest BCUT2D eigenvalue weighted by molar-refractivity contribution is 7.84. The van der Waals surface area contributed by atoms with Crippen molar-refractivity contribution in [2.75, 3.05) is 6.61 Å². The molecule has 0 aromatic heterocycles. The Kier molecular flexibility index (Phi) is 4.99. The van der Waals surface area contributed by atoms with Crippen LogP contribution in [0.1, 0.15) is 69.9 Å². The molecule has 0 bridgehead atoms. The summed E-state index contributed by atoms with van der Waals surface area (Å²) in [5.74, 6) is 2.62. The van der Waals surface area contributed by atoms with Gasteiger partial charge in [0, 0.05) is 0 Å². The van der Waals surface area contributed by atoms with Crippen LogP contribution in [0.3, 0.4) is 0 Å². The molecule has 2 fully saturated rings. The zero-order chi connectivity index (χ0) is 20.1. The van der Waals surface area contributed by atoms with Crippen LogP contribution in [0.4, 0.5) is 0 Å². The lowest BCUT2D eigenvalue weighted by atomic mass is 9.55. The van der Waals surface area contributed by atoms with E-state index in [1.165, 1.54) is 36.8 Å². The molecular weight excluding hydrogens is 374 g/mol. The van der Waals surface area contributed by atoms with Gasteiger partial charge in [0.1, 0.15) is 0 Å². The van der Waals surface area contributed by atoms with E-state index >= 15 is 0 Å². The van der Waals surface area contributed by atoms with E-state index in [1.807, 2.05) is 19.1 Å². The predicted molar refractivity (Wildman–Crippen MR) is 110 cm³/mol. The number of ether oxygens (including phenoxy) is 1. The van der Waals surface area contributed by atoms with Crippen LogP contribution in [0.5, 0.6) is 11.5 Å². The Morgan fingerprint density at radius 1 is 1.21 bits per heavy atom. The van der Waals surface area contributed by atoms with Crippen LogP contribution in [0.2, 0.25) is 0 Å². The van der Waals surface area contributed by atoms with E-state index < -0.39 is 10.3 Å². The first-order chi connectivity index (χ1) is 13.3. The molecule has 0 spiro atoms. The fourth-order valence-electron chi connectivity index (χ4n) is 6.36. The molecule has 0 saturated heterocycles. The second kappa shape index (κ2) is 7.06. The number of hydrogen-bond acceptors (Lipinski definition) is 4. The Labute approximate surface area is 168 Å². The van der Waals surface area contributed by atoms with Crippen molar-refractivity contribution in [1.82, 2.24) is 0 Å². The molecule has 28 heavy (non-hydrogen) atoms. The number of allylic oxidation sites excluding steroid dienone is 2. The first-order valence-electron chi connectivity index (χ1n) is 10.4. The molecule has 0 aliphatic heterocycles. The van der Waals surface area contributed by atoms with Crippen molar-refractivity contribution >= 4 is 10.3 Å². The lowest BCUT2D eigenvalue weighted by Crippen LogP contribution is -2.40. The average Bonchev–Trinajstić information content (AvgIpc) is 2.97. The summed E-state index contributed by atoms with van der Waals surface area (Å²) in [5, 5.41) is 5.10. The van der Waals surface area contributed by atoms with E-state index in [-0.39, 0.29) is 5.75 Å². The Morgan fingerprint density at radius 2 is 2.00 bits per heavy atom. The first kappa shape index (κ1) is 19.8. The molecule has 2 saturated carbocycles. The van der Waals surface area contributed by atoms with Gasteiger partial charge < -0.3 is 8.92 Å². The molecule has 1 aromatic rings. The highest BCUT2D eigenvalue weighted by Gasteiger charge is 2.52. The van der Waals surface area contributed by atoms with Gasteiger partial charge in [-0.1, -0.05) is 18.6 Å². The topological polar surface area (TPSA) is 78.6 Å². The molecule has 5 nitrogen and oxygen atoms in total. The lowest BCUT2D eigenvalue weighted by Gasteiger charge is -2.49. The molecule has 0 radical (unpaired) electrons. The Morgan fingerprint density at radius 3 is 2.68 bits per heavy atom. The summed E-state index contributed by atoms with van der Waals surface area (Å²) in [6, 6.07) is 3.85. The average molecular weight is 406 g/mol. The highest BCUT2D eigenvalue weighted by Crippen LogP contribution is 2.63. The summed E-state index contributed by atoms with van der Waals surface area (Å²) in [5.41, 5.74) is 4.50. The summed E-state index contributed by atoms with van der Waals surface area (Å²) in [4.78, 5) is 0. The van der Waals surface area contributed by atoms with Gasteiger partial charge in [-0.25, -0.2) is 0 Å². The van der Waals surface area contributed by atoms with Crippen LogP contribution < -0.4 is 14.1 Å². The number of benzene rings is 1. The minimum atomic E-state index is -4.08. The molecular formula is C22H31NO4S. The maximum Gasteiger partial charge on any atom is 0.380 e. The van der Waals surface area contributed by atoms with Gasteiger partial charge in [0.05, 0.1) is 6.61 Å². The van der Waals surface area contributed by atoms with E-state index in [9.17, 15) is 8.42 Å². The van der Waals surface area contributed by atoms with Gasteiger partial charge >= 0.3 is 10.3 Å². The molecule has 6 heteroatoms. The van der Waals surface area contributed by atoms with Gasteiger partial charge in [-0.3, -0.25) is 0 Å². The summed E-state index contributed by atoms with van der Waals surface area (Å²) in [7, 11) is -4.08. The maximum absolute atomic E-state index is 11.5. The Bertz CT molecular complexity index is 907. The Balaban J connectivity index is 1.71. The largest absolute Gasteiger partial charge is 0.490 e. The lowest BCUT2D eigenvalue weighted by molar-refractivity contribution is 0.0812. The smallest absolute Gasteiger partial charge is 0.380 e. The zero-order valence-corrected chi connectivity index (χ0v) is 17.8. The summed E-state index contributed by atoms with van der Waals surface area (Å²) in [6.45, 7) is 6.98. The van der Waals surface area contributed by atoms with E-state index in [4.69, 9.17) is 14.1 Å². The molecule has 3 aliphatic rings. The van der Waals surface area contributed by atoms with E-state index in [1.54, 1.807) is 5.57 Å². The minimum absolute atomic E-state index is 0.208. The SMILES string of the molecule is C/C=C1\CCC2C3CCc4cc(OS(N)(=O)=O)c(OCC)cc4C3CC[C@]12C. The molecule has 2 N–H and O–H groups in total. The maximum atomic E-state index is 11.5.